The molecular formula is C14H14ClN3S. The van der Waals surface area contributed by atoms with Crippen LogP contribution in [0.1, 0.15) is 32.0 Å². The maximum Gasteiger partial charge on any atom is 0.187 e. The Balaban J connectivity index is 2.27. The molecule has 0 fully saturated rings. The predicted octanol–water partition coefficient (Wildman–Crippen LogP) is 4.71. The third kappa shape index (κ3) is 3.25. The molecule has 19 heavy (non-hydrogen) atoms. The number of benzene rings is 1. The van der Waals surface area contributed by atoms with Gasteiger partial charge in [-0.3, -0.25) is 0 Å². The zero-order valence-corrected chi connectivity index (χ0v) is 12.6. The van der Waals surface area contributed by atoms with Crippen molar-refractivity contribution in [3.05, 3.63) is 39.9 Å². The molecule has 0 spiro atoms. The van der Waals surface area contributed by atoms with E-state index in [1.807, 2.05) is 5.38 Å². The second kappa shape index (κ2) is 5.20. The Labute approximate surface area is 121 Å². The molecule has 5 heteroatoms. The molecular weight excluding hydrogens is 278 g/mol. The van der Waals surface area contributed by atoms with Crippen molar-refractivity contribution in [3.8, 4) is 6.07 Å². The topological polar surface area (TPSA) is 48.7 Å². The number of nitrogens with one attached hydrogen (secondary N) is 1. The predicted molar refractivity (Wildman–Crippen MR) is 80.3 cm³/mol. The van der Waals surface area contributed by atoms with E-state index in [9.17, 15) is 0 Å². The molecule has 3 nitrogen and oxygen atoms in total. The number of anilines is 2. The van der Waals surface area contributed by atoms with Gasteiger partial charge in [-0.15, -0.1) is 11.3 Å². The van der Waals surface area contributed by atoms with Crippen molar-refractivity contribution >= 4 is 33.8 Å². The third-order valence-corrected chi connectivity index (χ3v) is 3.61. The molecule has 0 aliphatic rings. The molecule has 0 atom stereocenters. The Hall–Kier alpha value is -1.57. The minimum atomic E-state index is 0.0223. The SMILES string of the molecule is CC(C)(C)c1csc(Nc2ccc(Cl)cc2C#N)n1. The number of halogens is 1. The van der Waals surface area contributed by atoms with Crippen LogP contribution < -0.4 is 5.32 Å². The highest BCUT2D eigenvalue weighted by atomic mass is 35.5. The Morgan fingerprint density at radius 1 is 1.37 bits per heavy atom. The molecule has 1 aromatic carbocycles. The van der Waals surface area contributed by atoms with Crippen molar-refractivity contribution in [2.24, 2.45) is 0 Å². The van der Waals surface area contributed by atoms with E-state index in [2.05, 4.69) is 37.1 Å². The summed E-state index contributed by atoms with van der Waals surface area (Å²) in [6.07, 6.45) is 0. The lowest BCUT2D eigenvalue weighted by molar-refractivity contribution is 0.573. The molecule has 2 rings (SSSR count). The maximum absolute atomic E-state index is 9.09. The Kier molecular flexibility index (Phi) is 3.79. The minimum absolute atomic E-state index is 0.0223. The highest BCUT2D eigenvalue weighted by Crippen LogP contribution is 2.29. The number of nitrogens with zero attached hydrogens (tertiary/aromatic N) is 2. The summed E-state index contributed by atoms with van der Waals surface area (Å²) >= 11 is 7.40. The first-order valence-corrected chi connectivity index (χ1v) is 7.08. The van der Waals surface area contributed by atoms with Crippen molar-refractivity contribution in [3.63, 3.8) is 0 Å². The van der Waals surface area contributed by atoms with E-state index in [1.54, 1.807) is 18.2 Å². The fourth-order valence-corrected chi connectivity index (χ4v) is 2.63. The maximum atomic E-state index is 9.09. The lowest BCUT2D eigenvalue weighted by Gasteiger charge is -2.14. The first-order chi connectivity index (χ1) is 8.90. The van der Waals surface area contributed by atoms with Crippen LogP contribution in [0.5, 0.6) is 0 Å². The normalized spacial score (nSPS) is 11.1. The molecule has 1 heterocycles. The van der Waals surface area contributed by atoms with Gasteiger partial charge < -0.3 is 5.32 Å². The Bertz CT molecular complexity index is 635. The summed E-state index contributed by atoms with van der Waals surface area (Å²) < 4.78 is 0. The molecule has 0 unspecified atom stereocenters. The molecule has 0 bridgehead atoms. The number of aromatic nitrogens is 1. The molecule has 2 aromatic rings. The highest BCUT2D eigenvalue weighted by molar-refractivity contribution is 7.13. The van der Waals surface area contributed by atoms with E-state index in [-0.39, 0.29) is 5.41 Å². The molecule has 0 aliphatic heterocycles. The van der Waals surface area contributed by atoms with E-state index in [0.29, 0.717) is 10.6 Å². The van der Waals surface area contributed by atoms with Gasteiger partial charge >= 0.3 is 0 Å². The van der Waals surface area contributed by atoms with Crippen molar-refractivity contribution in [2.45, 2.75) is 26.2 Å². The van der Waals surface area contributed by atoms with Gasteiger partial charge in [0.2, 0.25) is 0 Å². The average Bonchev–Trinajstić information content (AvgIpc) is 2.79. The van der Waals surface area contributed by atoms with E-state index in [0.717, 1.165) is 16.5 Å². The molecule has 0 radical (unpaired) electrons. The molecule has 98 valence electrons. The van der Waals surface area contributed by atoms with Gasteiger partial charge in [0.1, 0.15) is 6.07 Å². The van der Waals surface area contributed by atoms with Gasteiger partial charge in [-0.05, 0) is 18.2 Å². The summed E-state index contributed by atoms with van der Waals surface area (Å²) in [6, 6.07) is 7.31. The van der Waals surface area contributed by atoms with Crippen LogP contribution in [0.2, 0.25) is 5.02 Å². The van der Waals surface area contributed by atoms with Crippen LogP contribution in [-0.2, 0) is 5.41 Å². The second-order valence-corrected chi connectivity index (χ2v) is 6.51. The van der Waals surface area contributed by atoms with Crippen LogP contribution in [-0.4, -0.2) is 4.98 Å². The summed E-state index contributed by atoms with van der Waals surface area (Å²) in [6.45, 7) is 6.36. The number of rotatable bonds is 2. The summed E-state index contributed by atoms with van der Waals surface area (Å²) in [5, 5.41) is 15.6. The molecule has 0 saturated heterocycles. The molecule has 1 aromatic heterocycles. The number of hydrogen-bond acceptors (Lipinski definition) is 4. The molecule has 1 N–H and O–H groups in total. The van der Waals surface area contributed by atoms with Gasteiger partial charge in [0.25, 0.3) is 0 Å². The van der Waals surface area contributed by atoms with E-state index in [1.165, 1.54) is 11.3 Å². The monoisotopic (exact) mass is 291 g/mol. The summed E-state index contributed by atoms with van der Waals surface area (Å²) in [5.74, 6) is 0. The lowest BCUT2D eigenvalue weighted by atomic mass is 9.93. The lowest BCUT2D eigenvalue weighted by Crippen LogP contribution is -2.11. The standard InChI is InChI=1S/C14H14ClN3S/c1-14(2,3)12-8-19-13(18-12)17-11-5-4-10(15)6-9(11)7-16/h4-6,8H,1-3H3,(H,17,18). The first-order valence-electron chi connectivity index (χ1n) is 5.83. The van der Waals surface area contributed by atoms with E-state index in [4.69, 9.17) is 16.9 Å². The largest absolute Gasteiger partial charge is 0.330 e. The first kappa shape index (κ1) is 13.9. The second-order valence-electron chi connectivity index (χ2n) is 5.21. The van der Waals surface area contributed by atoms with E-state index < -0.39 is 0 Å². The van der Waals surface area contributed by atoms with Crippen LogP contribution in [0.15, 0.2) is 23.6 Å². The smallest absolute Gasteiger partial charge is 0.187 e. The number of nitriles is 1. The van der Waals surface area contributed by atoms with Crippen LogP contribution in [0.4, 0.5) is 10.8 Å². The quantitative estimate of drug-likeness (QED) is 0.872. The minimum Gasteiger partial charge on any atom is -0.330 e. The number of hydrogen-bond donors (Lipinski definition) is 1. The summed E-state index contributed by atoms with van der Waals surface area (Å²) in [7, 11) is 0. The highest BCUT2D eigenvalue weighted by Gasteiger charge is 2.17. The van der Waals surface area contributed by atoms with Crippen LogP contribution >= 0.6 is 22.9 Å². The van der Waals surface area contributed by atoms with Crippen molar-refractivity contribution in [1.82, 2.24) is 4.98 Å². The summed E-state index contributed by atoms with van der Waals surface area (Å²) in [4.78, 5) is 4.54. The van der Waals surface area contributed by atoms with Crippen LogP contribution in [0, 0.1) is 11.3 Å². The molecule has 0 saturated carbocycles. The van der Waals surface area contributed by atoms with Crippen molar-refractivity contribution in [2.75, 3.05) is 5.32 Å². The molecule has 0 amide bonds. The van der Waals surface area contributed by atoms with E-state index >= 15 is 0 Å². The number of thiazole rings is 1. The zero-order chi connectivity index (χ0) is 14.0. The zero-order valence-electron chi connectivity index (χ0n) is 11.0. The summed E-state index contributed by atoms with van der Waals surface area (Å²) in [5.41, 5.74) is 2.29. The van der Waals surface area contributed by atoms with Crippen LogP contribution in [0.25, 0.3) is 0 Å². The van der Waals surface area contributed by atoms with Gasteiger partial charge in [0, 0.05) is 15.8 Å². The fraction of sp³-hybridized carbons (Fsp3) is 0.286. The van der Waals surface area contributed by atoms with Crippen molar-refractivity contribution in [1.29, 1.82) is 5.26 Å². The Morgan fingerprint density at radius 2 is 2.11 bits per heavy atom. The van der Waals surface area contributed by atoms with Crippen molar-refractivity contribution < 1.29 is 0 Å². The van der Waals surface area contributed by atoms with Gasteiger partial charge in [-0.1, -0.05) is 32.4 Å². The average molecular weight is 292 g/mol. The third-order valence-electron chi connectivity index (χ3n) is 2.62. The van der Waals surface area contributed by atoms with Gasteiger partial charge in [0.15, 0.2) is 5.13 Å². The van der Waals surface area contributed by atoms with Gasteiger partial charge in [0.05, 0.1) is 16.9 Å². The molecule has 0 aliphatic carbocycles. The van der Waals surface area contributed by atoms with Crippen LogP contribution in [0.3, 0.4) is 0 Å². The van der Waals surface area contributed by atoms with Gasteiger partial charge in [-0.25, -0.2) is 4.98 Å². The van der Waals surface area contributed by atoms with Gasteiger partial charge in [-0.2, -0.15) is 5.26 Å². The fourth-order valence-electron chi connectivity index (χ4n) is 1.51. The Morgan fingerprint density at radius 3 is 2.68 bits per heavy atom.